The lowest BCUT2D eigenvalue weighted by atomic mass is 9.84. The summed E-state index contributed by atoms with van der Waals surface area (Å²) in [6.45, 7) is 8.65. The van der Waals surface area contributed by atoms with Crippen LogP contribution in [-0.4, -0.2) is 5.54 Å². The molecule has 1 aliphatic heterocycles. The number of hydrogen-bond acceptors (Lipinski definition) is 2. The van der Waals surface area contributed by atoms with Gasteiger partial charge in [0.05, 0.1) is 6.07 Å². The molecule has 0 atom stereocenters. The Balaban J connectivity index is 2.94. The van der Waals surface area contributed by atoms with Crippen molar-refractivity contribution in [2.24, 2.45) is 5.41 Å². The van der Waals surface area contributed by atoms with Crippen molar-refractivity contribution in [2.45, 2.75) is 39.7 Å². The second-order valence-electron chi connectivity index (χ2n) is 4.76. The fourth-order valence-electron chi connectivity index (χ4n) is 2.07. The molecule has 0 unspecified atom stereocenters. The lowest BCUT2D eigenvalue weighted by molar-refractivity contribution is 0.381. The molecule has 0 radical (unpaired) electrons. The van der Waals surface area contributed by atoms with E-state index < -0.39 is 0 Å². The minimum Gasteiger partial charge on any atom is -0.382 e. The van der Waals surface area contributed by atoms with Crippen molar-refractivity contribution in [3.8, 4) is 6.07 Å². The van der Waals surface area contributed by atoms with Crippen molar-refractivity contribution in [3.05, 3.63) is 11.8 Å². The van der Waals surface area contributed by atoms with Crippen LogP contribution in [0.5, 0.6) is 0 Å². The highest BCUT2D eigenvalue weighted by Crippen LogP contribution is 2.40. The van der Waals surface area contributed by atoms with Gasteiger partial charge < -0.3 is 5.32 Å². The summed E-state index contributed by atoms with van der Waals surface area (Å²) in [6.07, 6.45) is 2.70. The Morgan fingerprint density at radius 1 is 1.42 bits per heavy atom. The Hall–Kier alpha value is -0.970. The number of nitrogens with one attached hydrogen (secondary N) is 1. The molecular formula is C10H16N2. The molecule has 0 spiro atoms. The first kappa shape index (κ1) is 9.12. The van der Waals surface area contributed by atoms with Crippen molar-refractivity contribution in [3.63, 3.8) is 0 Å². The van der Waals surface area contributed by atoms with Gasteiger partial charge in [-0.05, 0) is 20.3 Å². The van der Waals surface area contributed by atoms with Gasteiger partial charge in [0.1, 0.15) is 0 Å². The normalized spacial score (nSPS) is 28.1. The van der Waals surface area contributed by atoms with E-state index in [9.17, 15) is 0 Å². The SMILES string of the molecule is CC1(C)CC(C)(C)/C(=C/C#N)N1. The summed E-state index contributed by atoms with van der Waals surface area (Å²) in [4.78, 5) is 0. The van der Waals surface area contributed by atoms with E-state index in [1.807, 2.05) is 0 Å². The van der Waals surface area contributed by atoms with E-state index in [0.29, 0.717) is 0 Å². The van der Waals surface area contributed by atoms with Gasteiger partial charge in [0.2, 0.25) is 0 Å². The van der Waals surface area contributed by atoms with Gasteiger partial charge in [-0.2, -0.15) is 5.26 Å². The summed E-state index contributed by atoms with van der Waals surface area (Å²) in [7, 11) is 0. The van der Waals surface area contributed by atoms with Crippen LogP contribution in [-0.2, 0) is 0 Å². The third kappa shape index (κ3) is 1.61. The summed E-state index contributed by atoms with van der Waals surface area (Å²) in [5, 5.41) is 11.9. The topological polar surface area (TPSA) is 35.8 Å². The molecular weight excluding hydrogens is 148 g/mol. The molecule has 0 aromatic heterocycles. The van der Waals surface area contributed by atoms with Crippen molar-refractivity contribution in [1.82, 2.24) is 5.32 Å². The van der Waals surface area contributed by atoms with Crippen molar-refractivity contribution >= 4 is 0 Å². The van der Waals surface area contributed by atoms with Crippen LogP contribution in [0.2, 0.25) is 0 Å². The van der Waals surface area contributed by atoms with Crippen LogP contribution in [0.1, 0.15) is 34.1 Å². The molecule has 1 heterocycles. The van der Waals surface area contributed by atoms with Gasteiger partial charge in [0, 0.05) is 22.7 Å². The average molecular weight is 164 g/mol. The molecule has 12 heavy (non-hydrogen) atoms. The van der Waals surface area contributed by atoms with Crippen molar-refractivity contribution < 1.29 is 0 Å². The number of nitriles is 1. The Labute approximate surface area is 74.3 Å². The van der Waals surface area contributed by atoms with Gasteiger partial charge in [0.15, 0.2) is 0 Å². The van der Waals surface area contributed by atoms with E-state index in [1.165, 1.54) is 0 Å². The molecule has 0 aromatic rings. The van der Waals surface area contributed by atoms with Crippen LogP contribution in [0.15, 0.2) is 11.8 Å². The maximum atomic E-state index is 8.56. The average Bonchev–Trinajstić information content (AvgIpc) is 2.01. The van der Waals surface area contributed by atoms with E-state index in [-0.39, 0.29) is 11.0 Å². The highest BCUT2D eigenvalue weighted by molar-refractivity contribution is 5.25. The molecule has 0 aromatic carbocycles. The van der Waals surface area contributed by atoms with Crippen LogP contribution in [0.4, 0.5) is 0 Å². The first-order valence-corrected chi connectivity index (χ1v) is 4.26. The smallest absolute Gasteiger partial charge is 0.0930 e. The molecule has 66 valence electrons. The molecule has 2 nitrogen and oxygen atoms in total. The number of hydrogen-bond donors (Lipinski definition) is 1. The fourth-order valence-corrected chi connectivity index (χ4v) is 2.07. The minimum absolute atomic E-state index is 0.124. The zero-order valence-corrected chi connectivity index (χ0v) is 8.23. The van der Waals surface area contributed by atoms with Crippen molar-refractivity contribution in [2.75, 3.05) is 0 Å². The quantitative estimate of drug-likeness (QED) is 0.557. The van der Waals surface area contributed by atoms with Crippen LogP contribution < -0.4 is 5.32 Å². The van der Waals surface area contributed by atoms with Crippen LogP contribution in [0.25, 0.3) is 0 Å². The van der Waals surface area contributed by atoms with E-state index in [2.05, 4.69) is 39.1 Å². The Morgan fingerprint density at radius 3 is 2.33 bits per heavy atom. The van der Waals surface area contributed by atoms with Gasteiger partial charge in [0.25, 0.3) is 0 Å². The molecule has 0 aliphatic carbocycles. The van der Waals surface area contributed by atoms with Crippen molar-refractivity contribution in [1.29, 1.82) is 5.26 Å². The van der Waals surface area contributed by atoms with Gasteiger partial charge in [-0.1, -0.05) is 13.8 Å². The molecule has 1 fully saturated rings. The molecule has 0 bridgehead atoms. The number of allylic oxidation sites excluding steroid dienone is 2. The zero-order chi connectivity index (χ0) is 9.41. The summed E-state index contributed by atoms with van der Waals surface area (Å²) in [5.74, 6) is 0. The molecule has 2 heteroatoms. The maximum Gasteiger partial charge on any atom is 0.0930 e. The Bertz CT molecular complexity index is 254. The van der Waals surface area contributed by atoms with Gasteiger partial charge in [-0.15, -0.1) is 0 Å². The molecule has 0 saturated carbocycles. The highest BCUT2D eigenvalue weighted by Gasteiger charge is 2.39. The number of nitrogens with zero attached hydrogens (tertiary/aromatic N) is 1. The largest absolute Gasteiger partial charge is 0.382 e. The van der Waals surface area contributed by atoms with E-state index >= 15 is 0 Å². The molecule has 1 N–H and O–H groups in total. The summed E-state index contributed by atoms with van der Waals surface area (Å²) < 4.78 is 0. The Kier molecular flexibility index (Phi) is 1.91. The second-order valence-corrected chi connectivity index (χ2v) is 4.76. The fraction of sp³-hybridized carbons (Fsp3) is 0.700. The lowest BCUT2D eigenvalue weighted by Crippen LogP contribution is -2.30. The van der Waals surface area contributed by atoms with Gasteiger partial charge in [-0.25, -0.2) is 0 Å². The second kappa shape index (κ2) is 2.52. The lowest BCUT2D eigenvalue weighted by Gasteiger charge is -2.19. The number of rotatable bonds is 0. The molecule has 0 amide bonds. The summed E-state index contributed by atoms with van der Waals surface area (Å²) >= 11 is 0. The van der Waals surface area contributed by atoms with Crippen LogP contribution >= 0.6 is 0 Å². The minimum atomic E-state index is 0.124. The van der Waals surface area contributed by atoms with E-state index in [1.54, 1.807) is 6.08 Å². The standard InChI is InChI=1S/C10H16N2/c1-9(2)7-10(3,4)12-8(9)5-6-11/h5,12H,7H2,1-4H3/b8-5-. The van der Waals surface area contributed by atoms with E-state index in [4.69, 9.17) is 5.26 Å². The predicted octanol–water partition coefficient (Wildman–Crippen LogP) is 2.19. The van der Waals surface area contributed by atoms with Crippen LogP contribution in [0.3, 0.4) is 0 Å². The predicted molar refractivity (Wildman–Crippen MR) is 49.3 cm³/mol. The first-order chi connectivity index (χ1) is 5.37. The monoisotopic (exact) mass is 164 g/mol. The highest BCUT2D eigenvalue weighted by atomic mass is 15.0. The van der Waals surface area contributed by atoms with Crippen LogP contribution in [0, 0.1) is 16.7 Å². The third-order valence-electron chi connectivity index (χ3n) is 2.29. The van der Waals surface area contributed by atoms with Gasteiger partial charge in [-0.3, -0.25) is 0 Å². The molecule has 1 saturated heterocycles. The first-order valence-electron chi connectivity index (χ1n) is 4.26. The maximum absolute atomic E-state index is 8.56. The third-order valence-corrected chi connectivity index (χ3v) is 2.29. The zero-order valence-electron chi connectivity index (χ0n) is 8.23. The Morgan fingerprint density at radius 2 is 2.00 bits per heavy atom. The summed E-state index contributed by atoms with van der Waals surface area (Å²) in [6, 6.07) is 2.08. The van der Waals surface area contributed by atoms with Gasteiger partial charge >= 0.3 is 0 Å². The molecule has 1 rings (SSSR count). The summed E-state index contributed by atoms with van der Waals surface area (Å²) in [5.41, 5.74) is 1.32. The molecule has 1 aliphatic rings. The van der Waals surface area contributed by atoms with E-state index in [0.717, 1.165) is 12.1 Å².